The molecule has 3 fully saturated rings. The van der Waals surface area contributed by atoms with Crippen molar-refractivity contribution in [1.29, 1.82) is 0 Å². The molecule has 4 aliphatic carbocycles. The zero-order chi connectivity index (χ0) is 28.5. The van der Waals surface area contributed by atoms with Crippen LogP contribution in [0.3, 0.4) is 0 Å². The molecule has 2 heteroatoms. The molecule has 0 radical (unpaired) electrons. The number of carbonyl (C=O) groups excluding carboxylic acids is 1. The Morgan fingerprint density at radius 3 is 2.02 bits per heavy atom. The molecular weight excluding hydrogens is 512 g/mol. The molecule has 0 amide bonds. The molecule has 0 aliphatic heterocycles. The molecule has 42 heavy (non-hydrogen) atoms. The first-order chi connectivity index (χ1) is 20.5. The topological polar surface area (TPSA) is 26.3 Å². The van der Waals surface area contributed by atoms with Crippen molar-refractivity contribution in [3.8, 4) is 0 Å². The zero-order valence-corrected chi connectivity index (χ0v) is 25.0. The van der Waals surface area contributed by atoms with Crippen LogP contribution in [-0.4, -0.2) is 11.9 Å². The molecule has 4 aromatic carbocycles. The lowest BCUT2D eigenvalue weighted by Crippen LogP contribution is -2.51. The van der Waals surface area contributed by atoms with E-state index >= 15 is 0 Å². The van der Waals surface area contributed by atoms with Gasteiger partial charge in [-0.1, -0.05) is 104 Å². The molecule has 0 unspecified atom stereocenters. The molecule has 0 heterocycles. The number of ether oxygens (including phenoxy) is 1. The van der Waals surface area contributed by atoms with Crippen LogP contribution in [-0.2, 0) is 9.53 Å². The quantitative estimate of drug-likeness (QED) is 0.251. The molecule has 6 atom stereocenters. The molecule has 0 aromatic heterocycles. The lowest BCUT2D eigenvalue weighted by Gasteiger charge is -2.58. The van der Waals surface area contributed by atoms with Gasteiger partial charge < -0.3 is 4.74 Å². The van der Waals surface area contributed by atoms with E-state index in [9.17, 15) is 4.79 Å². The molecule has 0 saturated heterocycles. The van der Waals surface area contributed by atoms with Crippen LogP contribution in [0.2, 0.25) is 0 Å². The van der Waals surface area contributed by atoms with Crippen molar-refractivity contribution in [2.75, 3.05) is 0 Å². The Hall–Kier alpha value is -3.23. The minimum atomic E-state index is -0.122. The average molecular weight is 555 g/mol. The van der Waals surface area contributed by atoms with E-state index < -0.39 is 0 Å². The molecule has 0 bridgehead atoms. The van der Waals surface area contributed by atoms with Crippen LogP contribution in [0.5, 0.6) is 0 Å². The van der Waals surface area contributed by atoms with E-state index in [1.165, 1.54) is 63.9 Å². The van der Waals surface area contributed by atoms with Crippen molar-refractivity contribution in [1.82, 2.24) is 0 Å². The van der Waals surface area contributed by atoms with Crippen LogP contribution in [0.4, 0.5) is 0 Å². The molecule has 4 aliphatic rings. The Labute approximate surface area is 250 Å². The second kappa shape index (κ2) is 9.91. The summed E-state index contributed by atoms with van der Waals surface area (Å²) in [5.74, 6) is 2.48. The molecule has 8 rings (SSSR count). The van der Waals surface area contributed by atoms with Gasteiger partial charge in [-0.2, -0.15) is 0 Å². The molecule has 2 nitrogen and oxygen atoms in total. The highest BCUT2D eigenvalue weighted by atomic mass is 16.5. The Morgan fingerprint density at radius 1 is 0.690 bits per heavy atom. The third-order valence-electron chi connectivity index (χ3n) is 12.4. The van der Waals surface area contributed by atoms with Crippen LogP contribution in [0.25, 0.3) is 21.5 Å². The van der Waals surface area contributed by atoms with E-state index in [2.05, 4.69) is 98.8 Å². The van der Waals surface area contributed by atoms with Gasteiger partial charge in [0.05, 0.1) is 6.10 Å². The van der Waals surface area contributed by atoms with Crippen LogP contribution in [0.1, 0.15) is 82.4 Å². The zero-order valence-electron chi connectivity index (χ0n) is 25.0. The van der Waals surface area contributed by atoms with Crippen molar-refractivity contribution in [2.45, 2.75) is 77.4 Å². The Morgan fingerprint density at radius 2 is 1.33 bits per heavy atom. The molecule has 0 spiro atoms. The normalized spacial score (nSPS) is 32.5. The number of allylic oxidation sites excluding steroid dienone is 1. The summed E-state index contributed by atoms with van der Waals surface area (Å²) in [5, 5.41) is 5.11. The average Bonchev–Trinajstić information content (AvgIpc) is 3.35. The van der Waals surface area contributed by atoms with Crippen molar-refractivity contribution >= 4 is 27.3 Å². The smallest absolute Gasteiger partial charge is 0.155 e. The number of carbonyl (C=O) groups is 1. The van der Waals surface area contributed by atoms with E-state index in [1.54, 1.807) is 0 Å². The summed E-state index contributed by atoms with van der Waals surface area (Å²) in [6.07, 6.45) is 11.1. The van der Waals surface area contributed by atoms with E-state index in [1.807, 2.05) is 6.08 Å². The van der Waals surface area contributed by atoms with E-state index in [0.717, 1.165) is 31.6 Å². The van der Waals surface area contributed by atoms with Gasteiger partial charge in [-0.05, 0) is 112 Å². The maximum absolute atomic E-state index is 12.3. The maximum atomic E-state index is 12.3. The lowest BCUT2D eigenvalue weighted by atomic mass is 9.47. The van der Waals surface area contributed by atoms with E-state index in [0.29, 0.717) is 17.6 Å². The van der Waals surface area contributed by atoms with Gasteiger partial charge in [0.1, 0.15) is 6.10 Å². The fraction of sp³-hybridized carbons (Fsp3) is 0.425. The number of hydrogen-bond donors (Lipinski definition) is 0. The predicted molar refractivity (Wildman–Crippen MR) is 171 cm³/mol. The summed E-state index contributed by atoms with van der Waals surface area (Å²) < 4.78 is 7.54. The predicted octanol–water partition coefficient (Wildman–Crippen LogP) is 10.00. The lowest BCUT2D eigenvalue weighted by molar-refractivity contribution is -0.120. The van der Waals surface area contributed by atoms with Crippen LogP contribution in [0, 0.1) is 28.6 Å². The van der Waals surface area contributed by atoms with Crippen LogP contribution < -0.4 is 0 Å². The summed E-state index contributed by atoms with van der Waals surface area (Å²) >= 11 is 0. The molecule has 0 N–H and O–H groups in total. The van der Waals surface area contributed by atoms with Crippen LogP contribution in [0.15, 0.2) is 96.6 Å². The van der Waals surface area contributed by atoms with Gasteiger partial charge in [0.15, 0.2) is 5.78 Å². The molecule has 3 saturated carbocycles. The van der Waals surface area contributed by atoms with Gasteiger partial charge in [0.2, 0.25) is 0 Å². The standard InChI is InChI=1S/C40H42O2/c1-39-23-21-29(41)25-28(39)17-18-34-35-19-20-37(40(35,2)24-22-36(34)39)42-38(32-15-7-11-26-9-3-5-13-30(26)32)33-16-8-12-27-10-4-6-14-31(27)33/h3-16,25,34-38H,17-24H2,1-2H3/t34-,35-,36-,37-,39-,40-/m0/s1. The summed E-state index contributed by atoms with van der Waals surface area (Å²) in [5.41, 5.74) is 4.40. The monoisotopic (exact) mass is 554 g/mol. The van der Waals surface area contributed by atoms with Crippen LogP contribution >= 0.6 is 0 Å². The number of fused-ring (bicyclic) bond motifs is 7. The molecular formula is C40H42O2. The van der Waals surface area contributed by atoms with Crippen molar-refractivity contribution < 1.29 is 9.53 Å². The Balaban J connectivity index is 1.18. The third kappa shape index (κ3) is 3.98. The minimum absolute atomic E-state index is 0.122. The summed E-state index contributed by atoms with van der Waals surface area (Å²) in [6.45, 7) is 5.05. The van der Waals surface area contributed by atoms with Crippen molar-refractivity contribution in [3.63, 3.8) is 0 Å². The van der Waals surface area contributed by atoms with Gasteiger partial charge in [0.25, 0.3) is 0 Å². The number of ketones is 1. The largest absolute Gasteiger partial charge is 0.365 e. The SMILES string of the molecule is C[C@]12CC[C@H]3[C@@H](CCC4=CC(=O)CC[C@@]43C)[C@@H]1CC[C@@H]2OC(c1cccc2ccccc12)c1cccc2ccccc12. The van der Waals surface area contributed by atoms with Gasteiger partial charge in [-0.25, -0.2) is 0 Å². The van der Waals surface area contributed by atoms with Gasteiger partial charge in [-0.15, -0.1) is 0 Å². The Kier molecular flexibility index (Phi) is 6.23. The molecule has 214 valence electrons. The van der Waals surface area contributed by atoms with Gasteiger partial charge in [0, 0.05) is 6.42 Å². The fourth-order valence-corrected chi connectivity index (χ4v) is 10.2. The first kappa shape index (κ1) is 26.4. The second-order valence-electron chi connectivity index (χ2n) is 14.2. The fourth-order valence-electron chi connectivity index (χ4n) is 10.2. The van der Waals surface area contributed by atoms with Crippen molar-refractivity contribution in [2.24, 2.45) is 28.6 Å². The highest BCUT2D eigenvalue weighted by Crippen LogP contribution is 2.66. The second-order valence-corrected chi connectivity index (χ2v) is 14.2. The first-order valence-electron chi connectivity index (χ1n) is 16.3. The van der Waals surface area contributed by atoms with E-state index in [-0.39, 0.29) is 23.0 Å². The minimum Gasteiger partial charge on any atom is -0.365 e. The third-order valence-corrected chi connectivity index (χ3v) is 12.4. The number of benzene rings is 4. The maximum Gasteiger partial charge on any atom is 0.155 e. The van der Waals surface area contributed by atoms with E-state index in [4.69, 9.17) is 4.74 Å². The highest BCUT2D eigenvalue weighted by molar-refractivity contribution is 5.92. The molecule has 4 aromatic rings. The first-order valence-corrected chi connectivity index (χ1v) is 16.3. The summed E-state index contributed by atoms with van der Waals surface area (Å²) in [4.78, 5) is 12.3. The highest BCUT2D eigenvalue weighted by Gasteiger charge is 2.59. The number of rotatable bonds is 4. The van der Waals surface area contributed by atoms with Gasteiger partial charge in [-0.3, -0.25) is 4.79 Å². The van der Waals surface area contributed by atoms with Crippen molar-refractivity contribution in [3.05, 3.63) is 108 Å². The number of hydrogen-bond acceptors (Lipinski definition) is 2. The summed E-state index contributed by atoms with van der Waals surface area (Å²) in [6, 6.07) is 31.0. The van der Waals surface area contributed by atoms with Gasteiger partial charge >= 0.3 is 0 Å². The Bertz CT molecular complexity index is 1630. The summed E-state index contributed by atoms with van der Waals surface area (Å²) in [7, 11) is 0.